The Kier molecular flexibility index (Phi) is 4.07. The average molecular weight is 328 g/mol. The number of hydrogen-bond acceptors (Lipinski definition) is 3. The smallest absolute Gasteiger partial charge is 0.372 e. The molecule has 23 heavy (non-hydrogen) atoms. The first kappa shape index (κ1) is 16.6. The van der Waals surface area contributed by atoms with Gasteiger partial charge in [0.1, 0.15) is 11.5 Å². The van der Waals surface area contributed by atoms with Gasteiger partial charge < -0.3 is 9.64 Å². The van der Waals surface area contributed by atoms with Gasteiger partial charge in [-0.15, -0.1) is 0 Å². The van der Waals surface area contributed by atoms with Crippen LogP contribution >= 0.6 is 0 Å². The topological polar surface area (TPSA) is 25.4 Å². The van der Waals surface area contributed by atoms with Crippen molar-refractivity contribution in [2.75, 3.05) is 18.0 Å². The lowest BCUT2D eigenvalue weighted by molar-refractivity contribution is -0.141. The third kappa shape index (κ3) is 3.62. The highest BCUT2D eigenvalue weighted by molar-refractivity contribution is 5.41. The Morgan fingerprint density at radius 2 is 1.87 bits per heavy atom. The van der Waals surface area contributed by atoms with E-state index >= 15 is 0 Å². The predicted molar refractivity (Wildman–Crippen MR) is 82.3 cm³/mol. The van der Waals surface area contributed by atoms with Crippen molar-refractivity contribution < 1.29 is 17.9 Å². The first-order valence-corrected chi connectivity index (χ1v) is 8.10. The second-order valence-corrected chi connectivity index (χ2v) is 7.55. The van der Waals surface area contributed by atoms with E-state index in [9.17, 15) is 13.2 Å². The summed E-state index contributed by atoms with van der Waals surface area (Å²) in [5.74, 6) is 1.29. The zero-order valence-corrected chi connectivity index (χ0v) is 13.7. The molecule has 1 saturated carbocycles. The molecule has 6 heteroatoms. The molecule has 0 aromatic carbocycles. The van der Waals surface area contributed by atoms with Gasteiger partial charge in [-0.25, -0.2) is 4.98 Å². The molecule has 0 spiro atoms. The zero-order chi connectivity index (χ0) is 16.8. The van der Waals surface area contributed by atoms with E-state index < -0.39 is 11.9 Å². The fourth-order valence-corrected chi connectivity index (χ4v) is 3.76. The van der Waals surface area contributed by atoms with E-state index in [2.05, 4.69) is 4.98 Å². The van der Waals surface area contributed by atoms with Crippen molar-refractivity contribution in [1.29, 1.82) is 0 Å². The summed E-state index contributed by atoms with van der Waals surface area (Å²) in [6, 6.07) is 4.12. The average Bonchev–Trinajstić information content (AvgIpc) is 2.99. The Balaban J connectivity index is 1.73. The number of aromatic nitrogens is 1. The summed E-state index contributed by atoms with van der Waals surface area (Å²) in [4.78, 5) is 5.79. The number of hydrogen-bond donors (Lipinski definition) is 0. The second kappa shape index (κ2) is 5.65. The Morgan fingerprint density at radius 3 is 2.52 bits per heavy atom. The minimum Gasteiger partial charge on any atom is -0.372 e. The van der Waals surface area contributed by atoms with Gasteiger partial charge in [-0.3, -0.25) is 0 Å². The van der Waals surface area contributed by atoms with Gasteiger partial charge >= 0.3 is 6.18 Å². The third-order valence-corrected chi connectivity index (χ3v) is 4.64. The van der Waals surface area contributed by atoms with Gasteiger partial charge in [0.15, 0.2) is 0 Å². The molecule has 2 heterocycles. The van der Waals surface area contributed by atoms with E-state index in [0.29, 0.717) is 17.7 Å². The van der Waals surface area contributed by atoms with Crippen LogP contribution in [0, 0.1) is 11.8 Å². The molecule has 0 bridgehead atoms. The van der Waals surface area contributed by atoms with Gasteiger partial charge in [-0.05, 0) is 51.7 Å². The number of alkyl halides is 3. The van der Waals surface area contributed by atoms with Crippen LogP contribution in [0.1, 0.15) is 39.3 Å². The summed E-state index contributed by atoms with van der Waals surface area (Å²) in [6.07, 6.45) is -2.10. The van der Waals surface area contributed by atoms with Crippen LogP contribution in [0.2, 0.25) is 0 Å². The Labute approximate surface area is 134 Å². The van der Waals surface area contributed by atoms with Gasteiger partial charge in [0.25, 0.3) is 0 Å². The van der Waals surface area contributed by atoms with E-state index in [-0.39, 0.29) is 11.7 Å². The molecule has 2 fully saturated rings. The lowest BCUT2D eigenvalue weighted by Gasteiger charge is -2.29. The maximum Gasteiger partial charge on any atom is 0.433 e. The molecule has 3 nitrogen and oxygen atoms in total. The standard InChI is InChI=1S/C17H23F3N2O/c1-16(2,3)23-13-8-7-11-9-22(10-12(11)13)15-6-4-5-14(21-15)17(18,19)20/h4-6,11-13H,7-10H2,1-3H3/t11-,12+,13+/m1/s1. The molecule has 0 amide bonds. The Hall–Kier alpha value is -1.30. The zero-order valence-electron chi connectivity index (χ0n) is 13.7. The molecule has 1 aromatic rings. The molecule has 1 aliphatic heterocycles. The van der Waals surface area contributed by atoms with Crippen LogP contribution < -0.4 is 4.90 Å². The first-order chi connectivity index (χ1) is 10.6. The summed E-state index contributed by atoms with van der Waals surface area (Å²) in [5.41, 5.74) is -1.02. The molecule has 3 atom stereocenters. The summed E-state index contributed by atoms with van der Waals surface area (Å²) in [5, 5.41) is 0. The molecule has 0 unspecified atom stereocenters. The molecule has 0 radical (unpaired) electrons. The van der Waals surface area contributed by atoms with Crippen LogP contribution in [-0.4, -0.2) is 29.8 Å². The maximum absolute atomic E-state index is 12.8. The number of pyridine rings is 1. The summed E-state index contributed by atoms with van der Waals surface area (Å²) >= 11 is 0. The SMILES string of the molecule is CC(C)(C)O[C@H]1CC[C@@H]2CN(c3cccc(C(F)(F)F)n3)C[C@@H]21. The second-order valence-electron chi connectivity index (χ2n) is 7.55. The molecule has 2 aliphatic rings. The largest absolute Gasteiger partial charge is 0.433 e. The van der Waals surface area contributed by atoms with Crippen molar-refractivity contribution in [2.24, 2.45) is 11.8 Å². The Bertz CT molecular complexity index is 568. The van der Waals surface area contributed by atoms with E-state index in [4.69, 9.17) is 4.74 Å². The monoisotopic (exact) mass is 328 g/mol. The molecule has 1 saturated heterocycles. The van der Waals surface area contributed by atoms with E-state index in [1.807, 2.05) is 25.7 Å². The molecule has 128 valence electrons. The van der Waals surface area contributed by atoms with Crippen molar-refractivity contribution in [3.63, 3.8) is 0 Å². The summed E-state index contributed by atoms with van der Waals surface area (Å²) in [7, 11) is 0. The van der Waals surface area contributed by atoms with Gasteiger partial charge in [0.05, 0.1) is 11.7 Å². The van der Waals surface area contributed by atoms with E-state index in [1.165, 1.54) is 6.07 Å². The van der Waals surface area contributed by atoms with Gasteiger partial charge in [0.2, 0.25) is 0 Å². The van der Waals surface area contributed by atoms with Crippen LogP contribution in [0.25, 0.3) is 0 Å². The minimum absolute atomic E-state index is 0.191. The van der Waals surface area contributed by atoms with Crippen molar-refractivity contribution in [2.45, 2.75) is 51.5 Å². The third-order valence-electron chi connectivity index (χ3n) is 4.64. The van der Waals surface area contributed by atoms with Gasteiger partial charge in [-0.1, -0.05) is 6.07 Å². The van der Waals surface area contributed by atoms with Crippen molar-refractivity contribution >= 4 is 5.82 Å². The number of nitrogens with zero attached hydrogens (tertiary/aromatic N) is 2. The highest BCUT2D eigenvalue weighted by atomic mass is 19.4. The number of halogens is 3. The van der Waals surface area contributed by atoms with Crippen LogP contribution in [0.5, 0.6) is 0 Å². The maximum atomic E-state index is 12.8. The van der Waals surface area contributed by atoms with Crippen LogP contribution in [-0.2, 0) is 10.9 Å². The predicted octanol–water partition coefficient (Wildman–Crippen LogP) is 4.13. The number of anilines is 1. The molecule has 1 aliphatic carbocycles. The minimum atomic E-state index is -4.40. The highest BCUT2D eigenvalue weighted by Crippen LogP contribution is 2.42. The van der Waals surface area contributed by atoms with E-state index in [1.54, 1.807) is 6.07 Å². The number of rotatable bonds is 2. The highest BCUT2D eigenvalue weighted by Gasteiger charge is 2.45. The van der Waals surface area contributed by atoms with Crippen molar-refractivity contribution in [1.82, 2.24) is 4.98 Å². The van der Waals surface area contributed by atoms with Crippen LogP contribution in [0.4, 0.5) is 19.0 Å². The lowest BCUT2D eigenvalue weighted by Crippen LogP contribution is -2.33. The quantitative estimate of drug-likeness (QED) is 0.816. The Morgan fingerprint density at radius 1 is 1.13 bits per heavy atom. The molecular formula is C17H23F3N2O. The van der Waals surface area contributed by atoms with Crippen molar-refractivity contribution in [3.8, 4) is 0 Å². The van der Waals surface area contributed by atoms with Crippen molar-refractivity contribution in [3.05, 3.63) is 23.9 Å². The normalized spacial score (nSPS) is 28.3. The van der Waals surface area contributed by atoms with Crippen LogP contribution in [0.3, 0.4) is 0 Å². The fraction of sp³-hybridized carbons (Fsp3) is 0.706. The number of ether oxygens (including phenoxy) is 1. The number of fused-ring (bicyclic) bond motifs is 1. The molecule has 1 aromatic heterocycles. The first-order valence-electron chi connectivity index (χ1n) is 8.10. The molecule has 0 N–H and O–H groups in total. The molecule has 3 rings (SSSR count). The lowest BCUT2D eigenvalue weighted by atomic mass is 9.99. The summed E-state index contributed by atoms with van der Waals surface area (Å²) in [6.45, 7) is 7.62. The molecular weight excluding hydrogens is 305 g/mol. The van der Waals surface area contributed by atoms with E-state index in [0.717, 1.165) is 32.0 Å². The van der Waals surface area contributed by atoms with Gasteiger partial charge in [-0.2, -0.15) is 13.2 Å². The van der Waals surface area contributed by atoms with Gasteiger partial charge in [0, 0.05) is 19.0 Å². The fourth-order valence-electron chi connectivity index (χ4n) is 3.76. The summed E-state index contributed by atoms with van der Waals surface area (Å²) < 4.78 is 44.6. The van der Waals surface area contributed by atoms with Crippen LogP contribution in [0.15, 0.2) is 18.2 Å².